The third kappa shape index (κ3) is 1.82. The monoisotopic (exact) mass is 269 g/mol. The number of ether oxygens (including phenoxy) is 2. The zero-order valence-electron chi connectivity index (χ0n) is 10.5. The maximum Gasteiger partial charge on any atom is 0.231 e. The number of hydrogen-bond acceptors (Lipinski definition) is 6. The zero-order valence-corrected chi connectivity index (χ0v) is 10.5. The van der Waals surface area contributed by atoms with Crippen LogP contribution in [0.3, 0.4) is 0 Å². The molecule has 1 aromatic carbocycles. The standard InChI is InChI=1S/C14H11N3O3/c1-3-15-14(16-7-10-2-4-17-20-10)11-6-13-12(5-9(1)11)18-8-19-13/h1-6H,7-8H2,(H,15,16). The van der Waals surface area contributed by atoms with Gasteiger partial charge in [0, 0.05) is 17.6 Å². The molecular formula is C14H11N3O3. The molecule has 100 valence electrons. The Morgan fingerprint density at radius 2 is 2.00 bits per heavy atom. The summed E-state index contributed by atoms with van der Waals surface area (Å²) in [6, 6.07) is 7.65. The molecule has 0 radical (unpaired) electrons. The predicted octanol–water partition coefficient (Wildman–Crippen LogP) is 2.56. The number of benzene rings is 1. The van der Waals surface area contributed by atoms with Crippen molar-refractivity contribution in [3.63, 3.8) is 0 Å². The summed E-state index contributed by atoms with van der Waals surface area (Å²) in [7, 11) is 0. The summed E-state index contributed by atoms with van der Waals surface area (Å²) >= 11 is 0. The van der Waals surface area contributed by atoms with Crippen LogP contribution in [-0.4, -0.2) is 16.9 Å². The van der Waals surface area contributed by atoms with Crippen molar-refractivity contribution in [1.82, 2.24) is 10.1 Å². The van der Waals surface area contributed by atoms with E-state index in [1.54, 1.807) is 12.4 Å². The summed E-state index contributed by atoms with van der Waals surface area (Å²) in [6.45, 7) is 0.792. The molecule has 3 aromatic rings. The molecule has 0 unspecified atom stereocenters. The van der Waals surface area contributed by atoms with Crippen molar-refractivity contribution in [2.45, 2.75) is 6.54 Å². The predicted molar refractivity (Wildman–Crippen MR) is 71.7 cm³/mol. The molecule has 1 N–H and O–H groups in total. The first-order valence-corrected chi connectivity index (χ1v) is 6.22. The Kier molecular flexibility index (Phi) is 2.45. The first-order chi connectivity index (χ1) is 9.90. The quantitative estimate of drug-likeness (QED) is 0.788. The van der Waals surface area contributed by atoms with Crippen molar-refractivity contribution in [3.05, 3.63) is 42.4 Å². The van der Waals surface area contributed by atoms with Gasteiger partial charge >= 0.3 is 0 Å². The highest BCUT2D eigenvalue weighted by Crippen LogP contribution is 2.37. The van der Waals surface area contributed by atoms with E-state index >= 15 is 0 Å². The maximum absolute atomic E-state index is 5.41. The van der Waals surface area contributed by atoms with Crippen LogP contribution in [0.2, 0.25) is 0 Å². The van der Waals surface area contributed by atoms with Gasteiger partial charge in [0.2, 0.25) is 6.79 Å². The van der Waals surface area contributed by atoms with Crippen LogP contribution in [0.15, 0.2) is 41.2 Å². The normalized spacial score (nSPS) is 12.8. The van der Waals surface area contributed by atoms with Gasteiger partial charge in [0.15, 0.2) is 17.3 Å². The average molecular weight is 269 g/mol. The lowest BCUT2D eigenvalue weighted by Gasteiger charge is -2.08. The van der Waals surface area contributed by atoms with Crippen molar-refractivity contribution >= 4 is 16.6 Å². The van der Waals surface area contributed by atoms with E-state index in [1.807, 2.05) is 24.3 Å². The van der Waals surface area contributed by atoms with Gasteiger partial charge in [0.1, 0.15) is 5.82 Å². The fourth-order valence-corrected chi connectivity index (χ4v) is 2.21. The van der Waals surface area contributed by atoms with Crippen LogP contribution in [0.4, 0.5) is 5.82 Å². The molecule has 0 aliphatic carbocycles. The smallest absolute Gasteiger partial charge is 0.231 e. The van der Waals surface area contributed by atoms with Crippen molar-refractivity contribution in [1.29, 1.82) is 0 Å². The topological polar surface area (TPSA) is 69.4 Å². The molecule has 3 heterocycles. The minimum absolute atomic E-state index is 0.264. The Bertz CT molecular complexity index is 756. The van der Waals surface area contributed by atoms with Gasteiger partial charge in [0.25, 0.3) is 0 Å². The summed E-state index contributed by atoms with van der Waals surface area (Å²) in [5.74, 6) is 3.04. The number of hydrogen-bond donors (Lipinski definition) is 1. The van der Waals surface area contributed by atoms with E-state index in [-0.39, 0.29) is 6.79 Å². The number of fused-ring (bicyclic) bond motifs is 2. The maximum atomic E-state index is 5.41. The van der Waals surface area contributed by atoms with Gasteiger partial charge in [-0.15, -0.1) is 0 Å². The fourth-order valence-electron chi connectivity index (χ4n) is 2.21. The summed E-state index contributed by atoms with van der Waals surface area (Å²) < 4.78 is 15.8. The molecule has 1 aliphatic heterocycles. The summed E-state index contributed by atoms with van der Waals surface area (Å²) in [5.41, 5.74) is 0. The van der Waals surface area contributed by atoms with E-state index in [2.05, 4.69) is 15.5 Å². The van der Waals surface area contributed by atoms with Crippen molar-refractivity contribution < 1.29 is 14.0 Å². The zero-order chi connectivity index (χ0) is 13.4. The minimum atomic E-state index is 0.264. The Hall–Kier alpha value is -2.76. The number of pyridine rings is 1. The van der Waals surface area contributed by atoms with E-state index in [1.165, 1.54) is 0 Å². The molecule has 0 saturated heterocycles. The number of aromatic nitrogens is 2. The molecule has 0 saturated carbocycles. The van der Waals surface area contributed by atoms with Crippen molar-refractivity contribution in [2.75, 3.05) is 12.1 Å². The molecule has 1 aliphatic rings. The van der Waals surface area contributed by atoms with Gasteiger partial charge in [-0.3, -0.25) is 0 Å². The Morgan fingerprint density at radius 1 is 1.10 bits per heavy atom. The molecular weight excluding hydrogens is 258 g/mol. The summed E-state index contributed by atoms with van der Waals surface area (Å²) in [5, 5.41) is 8.94. The van der Waals surface area contributed by atoms with Crippen LogP contribution in [0, 0.1) is 0 Å². The average Bonchev–Trinajstić information content (AvgIpc) is 3.13. The molecule has 6 nitrogen and oxygen atoms in total. The number of nitrogens with zero attached hydrogens (tertiary/aromatic N) is 2. The highest BCUT2D eigenvalue weighted by atomic mass is 16.7. The second-order valence-corrected chi connectivity index (χ2v) is 4.42. The van der Waals surface area contributed by atoms with E-state index in [9.17, 15) is 0 Å². The van der Waals surface area contributed by atoms with E-state index in [4.69, 9.17) is 14.0 Å². The van der Waals surface area contributed by atoms with E-state index in [0.717, 1.165) is 33.8 Å². The SMILES string of the molecule is c1cc(CNc2nccc3cc4c(cc23)OCO4)on1. The van der Waals surface area contributed by atoms with Crippen molar-refractivity contribution in [2.24, 2.45) is 0 Å². The van der Waals surface area contributed by atoms with Gasteiger partial charge in [-0.25, -0.2) is 4.98 Å². The molecule has 0 atom stereocenters. The summed E-state index contributed by atoms with van der Waals surface area (Å²) in [4.78, 5) is 4.36. The molecule has 6 heteroatoms. The van der Waals surface area contributed by atoms with Crippen LogP contribution in [0.5, 0.6) is 11.5 Å². The van der Waals surface area contributed by atoms with Crippen LogP contribution in [-0.2, 0) is 6.54 Å². The fraction of sp³-hybridized carbons (Fsp3) is 0.143. The first kappa shape index (κ1) is 11.1. The molecule has 0 bridgehead atoms. The van der Waals surface area contributed by atoms with Gasteiger partial charge in [0.05, 0.1) is 12.7 Å². The summed E-state index contributed by atoms with van der Waals surface area (Å²) in [6.07, 6.45) is 3.37. The number of nitrogens with one attached hydrogen (secondary N) is 1. The van der Waals surface area contributed by atoms with Crippen LogP contribution in [0.1, 0.15) is 5.76 Å². The molecule has 0 fully saturated rings. The lowest BCUT2D eigenvalue weighted by molar-refractivity contribution is 0.174. The molecule has 2 aromatic heterocycles. The molecule has 20 heavy (non-hydrogen) atoms. The van der Waals surface area contributed by atoms with Crippen LogP contribution >= 0.6 is 0 Å². The Balaban J connectivity index is 1.71. The second-order valence-electron chi connectivity index (χ2n) is 4.42. The molecule has 0 amide bonds. The minimum Gasteiger partial charge on any atom is -0.454 e. The number of rotatable bonds is 3. The lowest BCUT2D eigenvalue weighted by Crippen LogP contribution is -2.00. The largest absolute Gasteiger partial charge is 0.454 e. The van der Waals surface area contributed by atoms with Crippen molar-refractivity contribution in [3.8, 4) is 11.5 Å². The molecule has 0 spiro atoms. The Labute approximate surface area is 114 Å². The second kappa shape index (κ2) is 4.41. The van der Waals surface area contributed by atoms with Gasteiger partial charge in [-0.2, -0.15) is 0 Å². The third-order valence-corrected chi connectivity index (χ3v) is 3.18. The Morgan fingerprint density at radius 3 is 2.85 bits per heavy atom. The van der Waals surface area contributed by atoms with Gasteiger partial charge in [-0.05, 0) is 23.6 Å². The highest BCUT2D eigenvalue weighted by molar-refractivity contribution is 5.94. The first-order valence-electron chi connectivity index (χ1n) is 6.22. The lowest BCUT2D eigenvalue weighted by atomic mass is 10.1. The number of anilines is 1. The van der Waals surface area contributed by atoms with Crippen LogP contribution in [0.25, 0.3) is 10.8 Å². The van der Waals surface area contributed by atoms with Gasteiger partial charge < -0.3 is 19.3 Å². The van der Waals surface area contributed by atoms with Crippen LogP contribution < -0.4 is 14.8 Å². The molecule has 4 rings (SSSR count). The van der Waals surface area contributed by atoms with E-state index in [0.29, 0.717) is 6.54 Å². The van der Waals surface area contributed by atoms with E-state index < -0.39 is 0 Å². The highest BCUT2D eigenvalue weighted by Gasteiger charge is 2.15. The van der Waals surface area contributed by atoms with Gasteiger partial charge in [-0.1, -0.05) is 5.16 Å². The third-order valence-electron chi connectivity index (χ3n) is 3.18.